The first-order chi connectivity index (χ1) is 17.9. The van der Waals surface area contributed by atoms with Crippen LogP contribution in [0.2, 0.25) is 0 Å². The summed E-state index contributed by atoms with van der Waals surface area (Å²) in [5, 5.41) is 2.22. The highest BCUT2D eigenvalue weighted by Gasteiger charge is 2.40. The monoisotopic (exact) mass is 553 g/mol. The Hall–Kier alpha value is -3.32. The summed E-state index contributed by atoms with van der Waals surface area (Å²) in [5.41, 5.74) is 0.0966. The number of hydrogen-bond acceptors (Lipinski definition) is 5. The van der Waals surface area contributed by atoms with Gasteiger partial charge in [0.15, 0.2) is 0 Å². The summed E-state index contributed by atoms with van der Waals surface area (Å²) in [6.07, 6.45) is -3.74. The molecule has 0 aromatic heterocycles. The van der Waals surface area contributed by atoms with Gasteiger partial charge in [0.05, 0.1) is 10.5 Å². The third-order valence-electron chi connectivity index (χ3n) is 7.35. The minimum atomic E-state index is -4.58. The van der Waals surface area contributed by atoms with Crippen LogP contribution in [0.15, 0.2) is 41.3 Å². The van der Waals surface area contributed by atoms with Crippen LogP contribution in [0.4, 0.5) is 17.6 Å². The SMILES string of the molecule is O=C1CCC(N2Cc3cc(C4CCN(S(=O)(=O)c5ccc(C(F)(F)F)cc5)CC4)c(F)cc3C2=O)C(=O)N1. The summed E-state index contributed by atoms with van der Waals surface area (Å²) >= 11 is 0. The molecular weight excluding hydrogens is 530 g/mol. The molecule has 2 saturated heterocycles. The number of hydrogen-bond donors (Lipinski definition) is 1. The molecule has 3 heterocycles. The number of rotatable bonds is 4. The van der Waals surface area contributed by atoms with Crippen molar-refractivity contribution in [2.45, 2.75) is 55.3 Å². The molecule has 5 rings (SSSR count). The van der Waals surface area contributed by atoms with Gasteiger partial charge in [-0.15, -0.1) is 0 Å². The van der Waals surface area contributed by atoms with Crippen molar-refractivity contribution in [1.29, 1.82) is 0 Å². The molecule has 3 amide bonds. The van der Waals surface area contributed by atoms with Crippen molar-refractivity contribution in [2.75, 3.05) is 13.1 Å². The van der Waals surface area contributed by atoms with Crippen molar-refractivity contribution in [2.24, 2.45) is 0 Å². The maximum Gasteiger partial charge on any atom is 0.416 e. The van der Waals surface area contributed by atoms with Crippen LogP contribution in [0.3, 0.4) is 0 Å². The van der Waals surface area contributed by atoms with Gasteiger partial charge in [0.2, 0.25) is 21.8 Å². The predicted molar refractivity (Wildman–Crippen MR) is 125 cm³/mol. The third kappa shape index (κ3) is 4.68. The van der Waals surface area contributed by atoms with E-state index in [2.05, 4.69) is 5.32 Å². The van der Waals surface area contributed by atoms with E-state index in [0.717, 1.165) is 30.3 Å². The normalized spacial score (nSPS) is 21.5. The molecule has 0 bridgehead atoms. The smallest absolute Gasteiger partial charge is 0.322 e. The zero-order valence-corrected chi connectivity index (χ0v) is 20.7. The largest absolute Gasteiger partial charge is 0.416 e. The van der Waals surface area contributed by atoms with Crippen molar-refractivity contribution >= 4 is 27.7 Å². The van der Waals surface area contributed by atoms with Gasteiger partial charge in [0.25, 0.3) is 5.91 Å². The minimum Gasteiger partial charge on any atom is -0.322 e. The lowest BCUT2D eigenvalue weighted by atomic mass is 9.88. The van der Waals surface area contributed by atoms with Gasteiger partial charge in [-0.3, -0.25) is 19.7 Å². The molecule has 1 unspecified atom stereocenters. The topological polar surface area (TPSA) is 104 Å². The Labute approximate surface area is 215 Å². The van der Waals surface area contributed by atoms with Crippen molar-refractivity contribution in [1.82, 2.24) is 14.5 Å². The Balaban J connectivity index is 1.29. The van der Waals surface area contributed by atoms with Crippen molar-refractivity contribution in [3.63, 3.8) is 0 Å². The number of carbonyl (C=O) groups is 3. The molecule has 3 aliphatic rings. The number of piperidine rings is 2. The number of alkyl halides is 3. The van der Waals surface area contributed by atoms with Gasteiger partial charge >= 0.3 is 6.18 Å². The average molecular weight is 554 g/mol. The number of carbonyl (C=O) groups excluding carboxylic acids is 3. The number of nitrogens with one attached hydrogen (secondary N) is 1. The van der Waals surface area contributed by atoms with E-state index >= 15 is 4.39 Å². The van der Waals surface area contributed by atoms with E-state index in [9.17, 15) is 36.0 Å². The van der Waals surface area contributed by atoms with E-state index in [1.165, 1.54) is 9.21 Å². The second kappa shape index (κ2) is 9.45. The second-order valence-electron chi connectivity index (χ2n) is 9.63. The lowest BCUT2D eigenvalue weighted by molar-refractivity contribution is -0.138. The number of amides is 3. The minimum absolute atomic E-state index is 0.0475. The fourth-order valence-electron chi connectivity index (χ4n) is 5.29. The quantitative estimate of drug-likeness (QED) is 0.463. The molecule has 8 nitrogen and oxygen atoms in total. The molecule has 202 valence electrons. The van der Waals surface area contributed by atoms with Crippen molar-refractivity contribution in [3.8, 4) is 0 Å². The molecular formula is C25H23F4N3O5S. The zero-order chi connectivity index (χ0) is 27.4. The zero-order valence-electron chi connectivity index (χ0n) is 19.9. The fraction of sp³-hybridized carbons (Fsp3) is 0.400. The maximum absolute atomic E-state index is 15.1. The molecule has 0 radical (unpaired) electrons. The number of benzene rings is 2. The first-order valence-corrected chi connectivity index (χ1v) is 13.4. The number of imide groups is 1. The summed E-state index contributed by atoms with van der Waals surface area (Å²) in [6, 6.07) is 5.20. The fourth-order valence-corrected chi connectivity index (χ4v) is 6.76. The van der Waals surface area contributed by atoms with Crippen LogP contribution in [0.25, 0.3) is 0 Å². The van der Waals surface area contributed by atoms with Gasteiger partial charge in [-0.25, -0.2) is 12.8 Å². The Kier molecular flexibility index (Phi) is 6.54. The summed E-state index contributed by atoms with van der Waals surface area (Å²) in [5.74, 6) is -2.40. The molecule has 2 fully saturated rings. The summed E-state index contributed by atoms with van der Waals surface area (Å²) in [6.45, 7) is 0.187. The number of sulfonamides is 1. The number of fused-ring (bicyclic) bond motifs is 1. The first-order valence-electron chi connectivity index (χ1n) is 12.0. The van der Waals surface area contributed by atoms with Crippen LogP contribution in [0.5, 0.6) is 0 Å². The van der Waals surface area contributed by atoms with Crippen molar-refractivity contribution < 1.29 is 40.4 Å². The number of nitrogens with zero attached hydrogens (tertiary/aromatic N) is 2. The van der Waals surface area contributed by atoms with Gasteiger partial charge in [0, 0.05) is 31.6 Å². The van der Waals surface area contributed by atoms with Crippen LogP contribution in [-0.2, 0) is 32.3 Å². The van der Waals surface area contributed by atoms with Crippen LogP contribution in [-0.4, -0.2) is 54.5 Å². The van der Waals surface area contributed by atoms with E-state index in [-0.39, 0.29) is 61.7 Å². The molecule has 1 N–H and O–H groups in total. The molecule has 0 aliphatic carbocycles. The van der Waals surface area contributed by atoms with Crippen LogP contribution >= 0.6 is 0 Å². The molecule has 0 spiro atoms. The highest BCUT2D eigenvalue weighted by Crippen LogP contribution is 2.37. The van der Waals surface area contributed by atoms with E-state index in [4.69, 9.17) is 0 Å². The summed E-state index contributed by atoms with van der Waals surface area (Å²) in [4.78, 5) is 37.7. The molecule has 13 heteroatoms. The van der Waals surface area contributed by atoms with Crippen LogP contribution in [0.1, 0.15) is 58.6 Å². The van der Waals surface area contributed by atoms with E-state index < -0.39 is 51.3 Å². The molecule has 38 heavy (non-hydrogen) atoms. The van der Waals surface area contributed by atoms with E-state index in [1.807, 2.05) is 0 Å². The van der Waals surface area contributed by atoms with Gasteiger partial charge in [-0.2, -0.15) is 17.5 Å². The van der Waals surface area contributed by atoms with Crippen LogP contribution < -0.4 is 5.32 Å². The van der Waals surface area contributed by atoms with E-state index in [1.54, 1.807) is 6.07 Å². The Morgan fingerprint density at radius 2 is 1.61 bits per heavy atom. The lowest BCUT2D eigenvalue weighted by Gasteiger charge is -2.31. The lowest BCUT2D eigenvalue weighted by Crippen LogP contribution is -2.52. The Morgan fingerprint density at radius 1 is 0.947 bits per heavy atom. The van der Waals surface area contributed by atoms with Crippen molar-refractivity contribution in [3.05, 3.63) is 64.5 Å². The predicted octanol–water partition coefficient (Wildman–Crippen LogP) is 3.17. The Morgan fingerprint density at radius 3 is 2.21 bits per heavy atom. The summed E-state index contributed by atoms with van der Waals surface area (Å²) in [7, 11) is -4.03. The van der Waals surface area contributed by atoms with E-state index in [0.29, 0.717) is 11.1 Å². The first kappa shape index (κ1) is 26.3. The van der Waals surface area contributed by atoms with Gasteiger partial charge in [-0.1, -0.05) is 6.07 Å². The second-order valence-corrected chi connectivity index (χ2v) is 11.6. The molecule has 3 aliphatic heterocycles. The van der Waals surface area contributed by atoms with Gasteiger partial charge in [-0.05, 0) is 66.6 Å². The highest BCUT2D eigenvalue weighted by atomic mass is 32.2. The highest BCUT2D eigenvalue weighted by molar-refractivity contribution is 7.89. The average Bonchev–Trinajstić information content (AvgIpc) is 3.18. The molecule has 2 aromatic carbocycles. The maximum atomic E-state index is 15.1. The van der Waals surface area contributed by atoms with Gasteiger partial charge < -0.3 is 4.90 Å². The standard InChI is InChI=1S/C25H23F4N3O5S/c26-20-12-19-15(13-32(24(19)35)21-5-6-22(33)30-23(21)34)11-18(20)14-7-9-31(10-8-14)38(36,37)17-3-1-16(2-4-17)25(27,28)29/h1-4,11-12,14,21H,5-10,13H2,(H,30,33,34). The molecule has 1 atom stereocenters. The molecule has 2 aromatic rings. The summed E-state index contributed by atoms with van der Waals surface area (Å²) < 4.78 is 80.6. The molecule has 0 saturated carbocycles. The Bertz CT molecular complexity index is 1420. The van der Waals surface area contributed by atoms with Gasteiger partial charge in [0.1, 0.15) is 11.9 Å². The van der Waals surface area contributed by atoms with Crippen LogP contribution in [0, 0.1) is 5.82 Å². The third-order valence-corrected chi connectivity index (χ3v) is 9.27. The number of halogens is 4.